The lowest BCUT2D eigenvalue weighted by molar-refractivity contribution is -0.268. The monoisotopic (exact) mass is 331 g/mol. The van der Waals surface area contributed by atoms with Crippen LogP contribution in [0.5, 0.6) is 0 Å². The van der Waals surface area contributed by atoms with Crippen LogP contribution in [0.1, 0.15) is 11.7 Å². The summed E-state index contributed by atoms with van der Waals surface area (Å²) in [4.78, 5) is 4.20. The maximum absolute atomic E-state index is 13.4. The first kappa shape index (κ1) is 14.9. The molecule has 7 heteroatoms. The summed E-state index contributed by atoms with van der Waals surface area (Å²) < 4.78 is 46.1. The van der Waals surface area contributed by atoms with E-state index in [4.69, 9.17) is 4.74 Å². The predicted octanol–water partition coefficient (Wildman–Crippen LogP) is 3.78. The van der Waals surface area contributed by atoms with Gasteiger partial charge in [-0.1, -0.05) is 24.3 Å². The van der Waals surface area contributed by atoms with Gasteiger partial charge in [0.25, 0.3) is 0 Å². The van der Waals surface area contributed by atoms with Crippen LogP contribution in [0.3, 0.4) is 0 Å². The highest BCUT2D eigenvalue weighted by Gasteiger charge is 2.50. The molecule has 1 unspecified atom stereocenters. The molecule has 1 aliphatic heterocycles. The van der Waals surface area contributed by atoms with Crippen LogP contribution >= 0.6 is 0 Å². The number of benzene rings is 2. The molecule has 0 N–H and O–H groups in total. The third-order valence-corrected chi connectivity index (χ3v) is 3.88. The van der Waals surface area contributed by atoms with E-state index in [1.165, 1.54) is 23.1 Å². The van der Waals surface area contributed by atoms with E-state index < -0.39 is 18.6 Å². The van der Waals surface area contributed by atoms with Crippen LogP contribution in [0.2, 0.25) is 0 Å². The van der Waals surface area contributed by atoms with E-state index in [0.717, 1.165) is 0 Å². The highest BCUT2D eigenvalue weighted by Crippen LogP contribution is 2.43. The van der Waals surface area contributed by atoms with Crippen LogP contribution in [0.25, 0.3) is 17.1 Å². The lowest BCUT2D eigenvalue weighted by Crippen LogP contribution is -2.44. The van der Waals surface area contributed by atoms with Crippen molar-refractivity contribution in [1.29, 1.82) is 0 Å². The third kappa shape index (κ3) is 2.56. The van der Waals surface area contributed by atoms with Crippen LogP contribution in [-0.4, -0.2) is 27.3 Å². The maximum Gasteiger partial charge on any atom is 0.300 e. The summed E-state index contributed by atoms with van der Waals surface area (Å²) in [6.45, 7) is -0.539. The van der Waals surface area contributed by atoms with Crippen molar-refractivity contribution < 1.29 is 17.9 Å². The van der Waals surface area contributed by atoms with Gasteiger partial charge >= 0.3 is 5.92 Å². The van der Waals surface area contributed by atoms with E-state index in [9.17, 15) is 13.2 Å². The Labute approximate surface area is 135 Å². The quantitative estimate of drug-likeness (QED) is 0.733. The molecule has 0 amide bonds. The summed E-state index contributed by atoms with van der Waals surface area (Å²) in [7, 11) is 0. The Morgan fingerprint density at radius 3 is 2.33 bits per heavy atom. The predicted molar refractivity (Wildman–Crippen MR) is 80.4 cm³/mol. The summed E-state index contributed by atoms with van der Waals surface area (Å²) in [5.74, 6) is -2.69. The molecule has 1 saturated heterocycles. The molecule has 0 bridgehead atoms. The maximum atomic E-state index is 13.4. The third-order valence-electron chi connectivity index (χ3n) is 3.88. The van der Waals surface area contributed by atoms with Gasteiger partial charge in [-0.15, -0.1) is 5.10 Å². The van der Waals surface area contributed by atoms with Crippen molar-refractivity contribution in [2.45, 2.75) is 12.0 Å². The Morgan fingerprint density at radius 2 is 1.75 bits per heavy atom. The smallest absolute Gasteiger partial charge is 0.300 e. The van der Waals surface area contributed by atoms with Gasteiger partial charge in [0.05, 0.1) is 5.69 Å². The minimum atomic E-state index is -2.82. The molecular formula is C17H12F3N3O. The molecule has 1 aliphatic rings. The van der Waals surface area contributed by atoms with Gasteiger partial charge in [-0.2, -0.15) is 0 Å². The fourth-order valence-electron chi connectivity index (χ4n) is 2.55. The average Bonchev–Trinajstić information content (AvgIpc) is 3.05. The highest BCUT2D eigenvalue weighted by atomic mass is 19.3. The molecule has 0 radical (unpaired) electrons. The first-order valence-electron chi connectivity index (χ1n) is 7.30. The summed E-state index contributed by atoms with van der Waals surface area (Å²) in [6, 6.07) is 12.4. The van der Waals surface area contributed by atoms with Crippen LogP contribution in [0.15, 0.2) is 54.9 Å². The standard InChI is InChI=1S/C17H12F3N3O/c18-13-5-7-14(8-6-13)23-10-21-16(22-23)12-3-1-11(2-4-12)15-17(19,20)9-24-15/h1-8,10,15H,9H2. The van der Waals surface area contributed by atoms with Crippen LogP contribution in [0.4, 0.5) is 13.2 Å². The Bertz CT molecular complexity index is 860. The molecule has 0 saturated carbocycles. The zero-order valence-electron chi connectivity index (χ0n) is 12.4. The van der Waals surface area contributed by atoms with Crippen molar-refractivity contribution in [1.82, 2.24) is 14.8 Å². The number of hydrogen-bond donors (Lipinski definition) is 0. The first-order chi connectivity index (χ1) is 11.5. The molecule has 3 aromatic rings. The lowest BCUT2D eigenvalue weighted by atomic mass is 9.98. The van der Waals surface area contributed by atoms with Gasteiger partial charge in [0.1, 0.15) is 24.9 Å². The normalized spacial score (nSPS) is 19.0. The first-order valence-corrected chi connectivity index (χ1v) is 7.30. The number of ether oxygens (including phenoxy) is 1. The zero-order valence-corrected chi connectivity index (χ0v) is 12.4. The molecule has 4 nitrogen and oxygen atoms in total. The molecule has 4 rings (SSSR count). The van der Waals surface area contributed by atoms with Crippen molar-refractivity contribution in [3.8, 4) is 17.1 Å². The van der Waals surface area contributed by atoms with Gasteiger partial charge in [-0.05, 0) is 29.8 Å². The molecule has 1 atom stereocenters. The number of aromatic nitrogens is 3. The van der Waals surface area contributed by atoms with Crippen molar-refractivity contribution >= 4 is 0 Å². The van der Waals surface area contributed by atoms with Crippen molar-refractivity contribution in [3.05, 3.63) is 66.2 Å². The van der Waals surface area contributed by atoms with E-state index in [-0.39, 0.29) is 5.82 Å². The second-order valence-corrected chi connectivity index (χ2v) is 5.56. The van der Waals surface area contributed by atoms with Gasteiger partial charge in [-0.3, -0.25) is 0 Å². The average molecular weight is 331 g/mol. The minimum absolute atomic E-state index is 0.329. The zero-order chi connectivity index (χ0) is 16.7. The Morgan fingerprint density at radius 1 is 1.04 bits per heavy atom. The van der Waals surface area contributed by atoms with Crippen LogP contribution < -0.4 is 0 Å². The number of hydrogen-bond acceptors (Lipinski definition) is 3. The molecule has 24 heavy (non-hydrogen) atoms. The fraction of sp³-hybridized carbons (Fsp3) is 0.176. The minimum Gasteiger partial charge on any atom is -0.361 e. The summed E-state index contributed by atoms with van der Waals surface area (Å²) in [6.07, 6.45) is 0.330. The Hall–Kier alpha value is -2.67. The van der Waals surface area contributed by atoms with Gasteiger partial charge in [0.2, 0.25) is 0 Å². The molecule has 1 aromatic heterocycles. The second-order valence-electron chi connectivity index (χ2n) is 5.56. The molecule has 2 heterocycles. The molecule has 0 aliphatic carbocycles. The van der Waals surface area contributed by atoms with E-state index >= 15 is 0 Å². The number of alkyl halides is 2. The van der Waals surface area contributed by atoms with Gasteiger partial charge in [0, 0.05) is 5.56 Å². The molecule has 1 fully saturated rings. The van der Waals surface area contributed by atoms with Crippen molar-refractivity contribution in [2.24, 2.45) is 0 Å². The number of rotatable bonds is 3. The largest absolute Gasteiger partial charge is 0.361 e. The highest BCUT2D eigenvalue weighted by molar-refractivity contribution is 5.55. The summed E-state index contributed by atoms with van der Waals surface area (Å²) in [5, 5.41) is 4.32. The van der Waals surface area contributed by atoms with Crippen LogP contribution in [-0.2, 0) is 4.74 Å². The fourth-order valence-corrected chi connectivity index (χ4v) is 2.55. The number of halogens is 3. The number of nitrogens with zero attached hydrogens (tertiary/aromatic N) is 3. The van der Waals surface area contributed by atoms with E-state index in [0.29, 0.717) is 22.6 Å². The lowest BCUT2D eigenvalue weighted by Gasteiger charge is -2.36. The van der Waals surface area contributed by atoms with Gasteiger partial charge in [-0.25, -0.2) is 22.8 Å². The van der Waals surface area contributed by atoms with E-state index in [1.54, 1.807) is 36.4 Å². The molecule has 122 valence electrons. The Kier molecular flexibility index (Phi) is 3.38. The second kappa shape index (κ2) is 5.45. The summed E-state index contributed by atoms with van der Waals surface area (Å²) >= 11 is 0. The van der Waals surface area contributed by atoms with Gasteiger partial charge < -0.3 is 4.74 Å². The van der Waals surface area contributed by atoms with E-state index in [1.807, 2.05) is 0 Å². The van der Waals surface area contributed by atoms with Gasteiger partial charge in [0.15, 0.2) is 5.82 Å². The molecule has 2 aromatic carbocycles. The Balaban J connectivity index is 1.57. The van der Waals surface area contributed by atoms with Crippen LogP contribution in [0, 0.1) is 5.82 Å². The SMILES string of the molecule is Fc1ccc(-n2cnc(-c3ccc(C4OCC4(F)F)cc3)n2)cc1. The summed E-state index contributed by atoms with van der Waals surface area (Å²) in [5.41, 5.74) is 1.80. The van der Waals surface area contributed by atoms with E-state index in [2.05, 4.69) is 10.1 Å². The molecular weight excluding hydrogens is 319 g/mol. The molecule has 0 spiro atoms. The van der Waals surface area contributed by atoms with Crippen molar-refractivity contribution in [2.75, 3.05) is 6.61 Å². The van der Waals surface area contributed by atoms with Crippen molar-refractivity contribution in [3.63, 3.8) is 0 Å². The topological polar surface area (TPSA) is 39.9 Å².